The molecule has 0 N–H and O–H groups in total. The molecule has 0 aliphatic heterocycles. The molecule has 0 radical (unpaired) electrons. The number of hydrogen-bond acceptors (Lipinski definition) is 2. The third-order valence-corrected chi connectivity index (χ3v) is 1.89. The van der Waals surface area contributed by atoms with E-state index in [0.717, 1.165) is 23.4 Å². The molecule has 1 heterocycles. The lowest BCUT2D eigenvalue weighted by atomic mass is 10.2. The van der Waals surface area contributed by atoms with E-state index in [-0.39, 0.29) is 0 Å². The van der Waals surface area contributed by atoms with E-state index in [9.17, 15) is 0 Å². The van der Waals surface area contributed by atoms with Gasteiger partial charge in [-0.05, 0) is 24.6 Å². The molecule has 74 valence electrons. The Kier molecular flexibility index (Phi) is 3.46. The molecule has 0 amide bonds. The monoisotopic (exact) mass is 189 g/mol. The van der Waals surface area contributed by atoms with E-state index in [0.29, 0.717) is 0 Å². The Labute approximate surface area is 84.3 Å². The number of aryl methyl sites for hydroxylation is 2. The molecule has 2 rings (SSSR count). The minimum atomic E-state index is 0.815. The lowest BCUT2D eigenvalue weighted by Gasteiger charge is -1.87. The number of aromatic nitrogens is 1. The molecule has 14 heavy (non-hydrogen) atoms. The van der Waals surface area contributed by atoms with E-state index >= 15 is 0 Å². The zero-order chi connectivity index (χ0) is 10.6. The van der Waals surface area contributed by atoms with Gasteiger partial charge in [-0.2, -0.15) is 0 Å². The molecule has 1 aromatic heterocycles. The van der Waals surface area contributed by atoms with Crippen LogP contribution in [0.3, 0.4) is 0 Å². The van der Waals surface area contributed by atoms with Gasteiger partial charge >= 0.3 is 0 Å². The van der Waals surface area contributed by atoms with E-state index in [1.807, 2.05) is 32.0 Å². The summed E-state index contributed by atoms with van der Waals surface area (Å²) in [6, 6.07) is 6.05. The quantitative estimate of drug-likeness (QED) is 0.642. The van der Waals surface area contributed by atoms with Crippen LogP contribution < -0.4 is 0 Å². The molecule has 2 aromatic rings. The molecule has 0 aliphatic carbocycles. The van der Waals surface area contributed by atoms with Gasteiger partial charge in [0.2, 0.25) is 0 Å². The van der Waals surface area contributed by atoms with Gasteiger partial charge in [-0.3, -0.25) is 0 Å². The van der Waals surface area contributed by atoms with Crippen molar-refractivity contribution in [3.05, 3.63) is 42.8 Å². The highest BCUT2D eigenvalue weighted by Gasteiger charge is 2.02. The molecule has 0 unspecified atom stereocenters. The van der Waals surface area contributed by atoms with Crippen LogP contribution in [0.15, 0.2) is 35.8 Å². The topological polar surface area (TPSA) is 26.0 Å². The minimum Gasteiger partial charge on any atom is -0.441 e. The summed E-state index contributed by atoms with van der Waals surface area (Å²) in [7, 11) is 0. The molecule has 2 heteroatoms. The van der Waals surface area contributed by atoms with Crippen LogP contribution in [0, 0.1) is 6.92 Å². The fourth-order valence-corrected chi connectivity index (χ4v) is 1.23. The van der Waals surface area contributed by atoms with E-state index in [2.05, 4.69) is 18.1 Å². The summed E-state index contributed by atoms with van der Waals surface area (Å²) in [5.41, 5.74) is 3.06. The summed E-state index contributed by atoms with van der Waals surface area (Å²) in [4.78, 5) is 4.31. The Hall–Kier alpha value is -1.57. The summed E-state index contributed by atoms with van der Waals surface area (Å²) in [6.45, 7) is 10.1. The van der Waals surface area contributed by atoms with E-state index in [1.54, 1.807) is 0 Å². The average Bonchev–Trinajstić information content (AvgIpc) is 2.62. The van der Waals surface area contributed by atoms with Crippen LogP contribution in [0.2, 0.25) is 0 Å². The zero-order valence-electron chi connectivity index (χ0n) is 8.71. The highest BCUT2D eigenvalue weighted by atomic mass is 16.3. The molecular weight excluding hydrogens is 174 g/mol. The molecule has 0 atom stereocenters. The van der Waals surface area contributed by atoms with Gasteiger partial charge < -0.3 is 4.42 Å². The maximum atomic E-state index is 5.49. The maximum Gasteiger partial charge on any atom is 0.195 e. The Morgan fingerprint density at radius 1 is 1.36 bits per heavy atom. The van der Waals surface area contributed by atoms with Crippen LogP contribution in [0.25, 0.3) is 11.1 Å². The maximum absolute atomic E-state index is 5.49. The fourth-order valence-electron chi connectivity index (χ4n) is 1.23. The van der Waals surface area contributed by atoms with Crippen LogP contribution in [-0.2, 0) is 6.42 Å². The second-order valence-electron chi connectivity index (χ2n) is 2.93. The highest BCUT2D eigenvalue weighted by molar-refractivity contribution is 5.73. The van der Waals surface area contributed by atoms with Gasteiger partial charge in [0.1, 0.15) is 5.52 Å². The molecule has 2 nitrogen and oxygen atoms in total. The van der Waals surface area contributed by atoms with Crippen molar-refractivity contribution in [1.29, 1.82) is 0 Å². The van der Waals surface area contributed by atoms with Crippen molar-refractivity contribution in [2.75, 3.05) is 0 Å². The number of nitrogens with zero attached hydrogens (tertiary/aromatic N) is 1. The zero-order valence-corrected chi connectivity index (χ0v) is 8.71. The van der Waals surface area contributed by atoms with Crippen LogP contribution >= 0.6 is 0 Å². The normalized spacial score (nSPS) is 9.57. The largest absolute Gasteiger partial charge is 0.441 e. The molecule has 0 saturated heterocycles. The Bertz CT molecular complexity index is 417. The second kappa shape index (κ2) is 4.61. The number of fused-ring (bicyclic) bond motifs is 1. The first-order valence-corrected chi connectivity index (χ1v) is 4.65. The Balaban J connectivity index is 0.000000461. The van der Waals surface area contributed by atoms with Gasteiger partial charge in [-0.1, -0.05) is 13.0 Å². The smallest absolute Gasteiger partial charge is 0.195 e. The lowest BCUT2D eigenvalue weighted by molar-refractivity contribution is 0.538. The van der Waals surface area contributed by atoms with Crippen LogP contribution in [0.4, 0.5) is 0 Å². The Morgan fingerprint density at radius 2 is 2.07 bits per heavy atom. The second-order valence-corrected chi connectivity index (χ2v) is 2.93. The van der Waals surface area contributed by atoms with Crippen molar-refractivity contribution in [2.45, 2.75) is 20.3 Å². The number of oxazole rings is 1. The van der Waals surface area contributed by atoms with Gasteiger partial charge in [-0.25, -0.2) is 4.98 Å². The molecule has 0 saturated carbocycles. The van der Waals surface area contributed by atoms with E-state index in [1.165, 1.54) is 5.56 Å². The van der Waals surface area contributed by atoms with Crippen LogP contribution in [-0.4, -0.2) is 4.98 Å². The summed E-state index contributed by atoms with van der Waals surface area (Å²) in [5, 5.41) is 0. The summed E-state index contributed by atoms with van der Waals surface area (Å²) >= 11 is 0. The molecular formula is C12H15NO. The van der Waals surface area contributed by atoms with Crippen molar-refractivity contribution in [2.24, 2.45) is 0 Å². The number of hydrogen-bond donors (Lipinski definition) is 0. The predicted octanol–water partition coefficient (Wildman–Crippen LogP) is 3.50. The standard InChI is InChI=1S/C10H11NO.C2H4/c1-3-10-11-8-5-4-7(2)6-9(8)12-10;1-2/h4-6H,3H2,1-2H3;1-2H2. The van der Waals surface area contributed by atoms with E-state index in [4.69, 9.17) is 4.42 Å². The van der Waals surface area contributed by atoms with Crippen molar-refractivity contribution in [3.8, 4) is 0 Å². The third-order valence-electron chi connectivity index (χ3n) is 1.89. The predicted molar refractivity (Wildman–Crippen MR) is 59.4 cm³/mol. The summed E-state index contributed by atoms with van der Waals surface area (Å²) in [5.74, 6) is 0.815. The van der Waals surface area contributed by atoms with Gasteiger partial charge in [-0.15, -0.1) is 13.2 Å². The number of rotatable bonds is 1. The first-order chi connectivity index (χ1) is 6.79. The molecule has 0 fully saturated rings. The van der Waals surface area contributed by atoms with Crippen LogP contribution in [0.1, 0.15) is 18.4 Å². The van der Waals surface area contributed by atoms with E-state index < -0.39 is 0 Å². The summed E-state index contributed by atoms with van der Waals surface area (Å²) in [6.07, 6.45) is 0.855. The van der Waals surface area contributed by atoms with Gasteiger partial charge in [0.15, 0.2) is 11.5 Å². The van der Waals surface area contributed by atoms with Crippen molar-refractivity contribution in [1.82, 2.24) is 4.98 Å². The summed E-state index contributed by atoms with van der Waals surface area (Å²) < 4.78 is 5.49. The first kappa shape index (κ1) is 10.5. The van der Waals surface area contributed by atoms with Crippen molar-refractivity contribution < 1.29 is 4.42 Å². The number of benzene rings is 1. The van der Waals surface area contributed by atoms with Gasteiger partial charge in [0.25, 0.3) is 0 Å². The molecule has 0 bridgehead atoms. The lowest BCUT2D eigenvalue weighted by Crippen LogP contribution is -1.75. The SMILES string of the molecule is C=C.CCc1nc2ccc(C)cc2o1. The third kappa shape index (κ3) is 2.02. The van der Waals surface area contributed by atoms with Gasteiger partial charge in [0, 0.05) is 6.42 Å². The average molecular weight is 189 g/mol. The van der Waals surface area contributed by atoms with Gasteiger partial charge in [0.05, 0.1) is 0 Å². The van der Waals surface area contributed by atoms with Crippen molar-refractivity contribution in [3.63, 3.8) is 0 Å². The van der Waals surface area contributed by atoms with Crippen molar-refractivity contribution >= 4 is 11.1 Å². The van der Waals surface area contributed by atoms with Crippen LogP contribution in [0.5, 0.6) is 0 Å². The molecule has 0 spiro atoms. The minimum absolute atomic E-state index is 0.815. The first-order valence-electron chi connectivity index (χ1n) is 4.65. The Morgan fingerprint density at radius 3 is 2.71 bits per heavy atom. The molecule has 0 aliphatic rings. The fraction of sp³-hybridized carbons (Fsp3) is 0.250. The highest BCUT2D eigenvalue weighted by Crippen LogP contribution is 2.16. The molecule has 1 aromatic carbocycles.